The van der Waals surface area contributed by atoms with Crippen molar-refractivity contribution in [2.45, 2.75) is 44.7 Å². The summed E-state index contributed by atoms with van der Waals surface area (Å²) in [6.07, 6.45) is -5.42. The van der Waals surface area contributed by atoms with Crippen molar-refractivity contribution in [2.75, 3.05) is 0 Å². The molecule has 0 aliphatic rings. The van der Waals surface area contributed by atoms with E-state index in [1.807, 2.05) is 20.8 Å². The normalized spacial score (nSPS) is 14.1. The highest BCUT2D eigenvalue weighted by atomic mass is 19.4. The molecule has 0 N–H and O–H groups in total. The summed E-state index contributed by atoms with van der Waals surface area (Å²) in [6, 6.07) is 8.51. The Balaban J connectivity index is 2.94. The third-order valence-electron chi connectivity index (χ3n) is 2.77. The molecule has 1 atom stereocenters. The van der Waals surface area contributed by atoms with Crippen LogP contribution in [0.15, 0.2) is 24.3 Å². The first-order valence-corrected chi connectivity index (χ1v) is 5.70. The minimum Gasteiger partial charge on any atom is -0.198 e. The van der Waals surface area contributed by atoms with Gasteiger partial charge < -0.3 is 0 Å². The molecule has 0 aliphatic carbocycles. The van der Waals surface area contributed by atoms with Crippen molar-refractivity contribution in [3.8, 4) is 6.07 Å². The van der Waals surface area contributed by atoms with Gasteiger partial charge in [0.25, 0.3) is 0 Å². The average Bonchev–Trinajstić information content (AvgIpc) is 2.24. The van der Waals surface area contributed by atoms with Gasteiger partial charge in [-0.2, -0.15) is 18.4 Å². The average molecular weight is 255 g/mol. The molecule has 1 rings (SSSR count). The zero-order valence-electron chi connectivity index (χ0n) is 10.7. The smallest absolute Gasteiger partial charge is 0.198 e. The number of benzene rings is 1. The van der Waals surface area contributed by atoms with Crippen molar-refractivity contribution in [1.82, 2.24) is 0 Å². The Morgan fingerprint density at radius 2 is 1.61 bits per heavy atom. The van der Waals surface area contributed by atoms with E-state index in [4.69, 9.17) is 5.26 Å². The van der Waals surface area contributed by atoms with Gasteiger partial charge in [-0.05, 0) is 16.5 Å². The van der Waals surface area contributed by atoms with Gasteiger partial charge in [-0.15, -0.1) is 0 Å². The van der Waals surface area contributed by atoms with Crippen LogP contribution >= 0.6 is 0 Å². The summed E-state index contributed by atoms with van der Waals surface area (Å²) in [7, 11) is 0. The van der Waals surface area contributed by atoms with Gasteiger partial charge in [0.1, 0.15) is 0 Å². The standard InChI is InChI=1S/C14H16F3N/c1-13(2,3)12-6-4-10(5-7-12)11(9-18)8-14(15,16)17/h4-7,11H,8H2,1-3H3. The fourth-order valence-electron chi connectivity index (χ4n) is 1.68. The van der Waals surface area contributed by atoms with Crippen molar-refractivity contribution in [3.05, 3.63) is 35.4 Å². The van der Waals surface area contributed by atoms with Crippen LogP contribution in [0.3, 0.4) is 0 Å². The molecule has 0 spiro atoms. The predicted octanol–water partition coefficient (Wildman–Crippen LogP) is 4.54. The third kappa shape index (κ3) is 4.06. The second-order valence-corrected chi connectivity index (χ2v) is 5.37. The van der Waals surface area contributed by atoms with E-state index in [0.717, 1.165) is 5.56 Å². The van der Waals surface area contributed by atoms with Crippen molar-refractivity contribution in [2.24, 2.45) is 0 Å². The Morgan fingerprint density at radius 3 is 1.94 bits per heavy atom. The van der Waals surface area contributed by atoms with E-state index in [9.17, 15) is 13.2 Å². The first-order chi connectivity index (χ1) is 8.13. The number of alkyl halides is 3. The first kappa shape index (κ1) is 14.6. The fraction of sp³-hybridized carbons (Fsp3) is 0.500. The van der Waals surface area contributed by atoms with Crippen LogP contribution in [0.5, 0.6) is 0 Å². The van der Waals surface area contributed by atoms with E-state index in [-0.39, 0.29) is 5.41 Å². The molecule has 0 aliphatic heterocycles. The minimum atomic E-state index is -4.32. The molecule has 0 heterocycles. The molecule has 1 nitrogen and oxygen atoms in total. The summed E-state index contributed by atoms with van der Waals surface area (Å²) in [5, 5.41) is 8.82. The Kier molecular flexibility index (Phi) is 4.05. The Bertz CT molecular complexity index is 432. The zero-order chi connectivity index (χ0) is 14.0. The highest BCUT2D eigenvalue weighted by Crippen LogP contribution is 2.32. The van der Waals surface area contributed by atoms with E-state index < -0.39 is 18.5 Å². The second-order valence-electron chi connectivity index (χ2n) is 5.37. The topological polar surface area (TPSA) is 23.8 Å². The van der Waals surface area contributed by atoms with E-state index in [0.29, 0.717) is 5.56 Å². The van der Waals surface area contributed by atoms with Crippen LogP contribution in [-0.2, 0) is 5.41 Å². The Labute approximate surface area is 105 Å². The van der Waals surface area contributed by atoms with E-state index in [2.05, 4.69) is 0 Å². The van der Waals surface area contributed by atoms with Crippen LogP contribution in [-0.4, -0.2) is 6.18 Å². The van der Waals surface area contributed by atoms with Crippen LogP contribution in [0, 0.1) is 11.3 Å². The lowest BCUT2D eigenvalue weighted by atomic mass is 9.85. The van der Waals surface area contributed by atoms with Gasteiger partial charge in [0, 0.05) is 0 Å². The highest BCUT2D eigenvalue weighted by Gasteiger charge is 2.32. The van der Waals surface area contributed by atoms with Crippen LogP contribution < -0.4 is 0 Å². The van der Waals surface area contributed by atoms with Crippen LogP contribution in [0.4, 0.5) is 13.2 Å². The summed E-state index contributed by atoms with van der Waals surface area (Å²) in [5.74, 6) is -1.13. The van der Waals surface area contributed by atoms with Crippen LogP contribution in [0.2, 0.25) is 0 Å². The molecule has 0 fully saturated rings. The van der Waals surface area contributed by atoms with Crippen molar-refractivity contribution < 1.29 is 13.2 Å². The molecule has 0 saturated heterocycles. The predicted molar refractivity (Wildman–Crippen MR) is 64.2 cm³/mol. The fourth-order valence-corrected chi connectivity index (χ4v) is 1.68. The van der Waals surface area contributed by atoms with Gasteiger partial charge in [-0.1, -0.05) is 45.0 Å². The quantitative estimate of drug-likeness (QED) is 0.760. The SMILES string of the molecule is CC(C)(C)c1ccc(C(C#N)CC(F)(F)F)cc1. The molecule has 0 bridgehead atoms. The lowest BCUT2D eigenvalue weighted by Crippen LogP contribution is -2.14. The maximum Gasteiger partial charge on any atom is 0.390 e. The maximum absolute atomic E-state index is 12.3. The number of halogens is 3. The summed E-state index contributed by atoms with van der Waals surface area (Å²) in [5.41, 5.74) is 1.41. The van der Waals surface area contributed by atoms with Gasteiger partial charge >= 0.3 is 6.18 Å². The summed E-state index contributed by atoms with van der Waals surface area (Å²) in [6.45, 7) is 6.08. The molecule has 0 saturated carbocycles. The molecule has 0 radical (unpaired) electrons. The van der Waals surface area contributed by atoms with Gasteiger partial charge in [-0.25, -0.2) is 0 Å². The lowest BCUT2D eigenvalue weighted by molar-refractivity contribution is -0.136. The van der Waals surface area contributed by atoms with E-state index in [1.165, 1.54) is 0 Å². The molecule has 0 amide bonds. The minimum absolute atomic E-state index is 0.0509. The molecule has 1 unspecified atom stereocenters. The second kappa shape index (κ2) is 5.01. The number of hydrogen-bond acceptors (Lipinski definition) is 1. The van der Waals surface area contributed by atoms with Crippen molar-refractivity contribution in [1.29, 1.82) is 5.26 Å². The first-order valence-electron chi connectivity index (χ1n) is 5.70. The van der Waals surface area contributed by atoms with Gasteiger partial charge in [0.2, 0.25) is 0 Å². The number of hydrogen-bond donors (Lipinski definition) is 0. The van der Waals surface area contributed by atoms with Gasteiger partial charge in [-0.3, -0.25) is 0 Å². The number of rotatable bonds is 2. The molecule has 98 valence electrons. The van der Waals surface area contributed by atoms with Gasteiger partial charge in [0.05, 0.1) is 18.4 Å². The molecule has 18 heavy (non-hydrogen) atoms. The lowest BCUT2D eigenvalue weighted by Gasteiger charge is -2.20. The molecule has 1 aromatic rings. The summed E-state index contributed by atoms with van der Waals surface area (Å²) >= 11 is 0. The maximum atomic E-state index is 12.3. The van der Waals surface area contributed by atoms with Gasteiger partial charge in [0.15, 0.2) is 0 Å². The zero-order valence-corrected chi connectivity index (χ0v) is 10.7. The summed E-state index contributed by atoms with van der Waals surface area (Å²) < 4.78 is 36.9. The number of nitriles is 1. The molecule has 1 aromatic carbocycles. The van der Waals surface area contributed by atoms with Crippen LogP contribution in [0.1, 0.15) is 44.2 Å². The molecule has 0 aromatic heterocycles. The summed E-state index contributed by atoms with van der Waals surface area (Å²) in [4.78, 5) is 0. The van der Waals surface area contributed by atoms with E-state index in [1.54, 1.807) is 30.3 Å². The third-order valence-corrected chi connectivity index (χ3v) is 2.77. The molecular formula is C14H16F3N. The largest absolute Gasteiger partial charge is 0.390 e. The monoisotopic (exact) mass is 255 g/mol. The highest BCUT2D eigenvalue weighted by molar-refractivity contribution is 5.32. The molecule has 4 heteroatoms. The molecular weight excluding hydrogens is 239 g/mol. The van der Waals surface area contributed by atoms with Crippen molar-refractivity contribution in [3.63, 3.8) is 0 Å². The Morgan fingerprint density at radius 1 is 1.11 bits per heavy atom. The van der Waals surface area contributed by atoms with E-state index >= 15 is 0 Å². The Hall–Kier alpha value is -1.50. The van der Waals surface area contributed by atoms with Crippen molar-refractivity contribution >= 4 is 0 Å². The number of nitrogens with zero attached hydrogens (tertiary/aromatic N) is 1. The van der Waals surface area contributed by atoms with Crippen LogP contribution in [0.25, 0.3) is 0 Å².